The second-order valence-corrected chi connectivity index (χ2v) is 6.92. The lowest BCUT2D eigenvalue weighted by molar-refractivity contribution is 0.976. The number of allylic oxidation sites excluding steroid dienone is 17. The fraction of sp³-hybridized carbons (Fsp3) is 0.200. The van der Waals surface area contributed by atoms with Crippen molar-refractivity contribution in [3.8, 4) is 0 Å². The van der Waals surface area contributed by atoms with Gasteiger partial charge in [0, 0.05) is 11.4 Å². The molecule has 1 N–H and O–H groups in total. The van der Waals surface area contributed by atoms with Gasteiger partial charge >= 0.3 is 0 Å². The minimum Gasteiger partial charge on any atom is -0.359 e. The molecule has 0 aliphatic rings. The van der Waals surface area contributed by atoms with E-state index in [1.54, 1.807) is 6.08 Å². The van der Waals surface area contributed by atoms with Gasteiger partial charge in [0.15, 0.2) is 0 Å². The van der Waals surface area contributed by atoms with Gasteiger partial charge < -0.3 is 5.32 Å². The van der Waals surface area contributed by atoms with Crippen molar-refractivity contribution in [3.63, 3.8) is 0 Å². The summed E-state index contributed by atoms with van der Waals surface area (Å²) in [6, 6.07) is 0. The van der Waals surface area contributed by atoms with Gasteiger partial charge in [-0.05, 0) is 74.5 Å². The molecule has 0 rings (SSSR count). The standard InChI is InChI=1S/C30H39N/c1-11-18-30(23(8)12-2)29(17-7)28(16-6)22-21-26(13-3)20-19-24(9)31-25(10)27(14-4)15-5/h11-19,21-22,31H,3-4,6-7,10,20H2,1-2,5,8-9H3/b18-11-,23-12-,24-19+,26-21-,27-15+,28-22+,30-29+. The van der Waals surface area contributed by atoms with Crippen LogP contribution in [0.25, 0.3) is 0 Å². The van der Waals surface area contributed by atoms with E-state index < -0.39 is 0 Å². The van der Waals surface area contributed by atoms with E-state index in [9.17, 15) is 0 Å². The van der Waals surface area contributed by atoms with Gasteiger partial charge in [0.05, 0.1) is 0 Å². The molecule has 0 saturated heterocycles. The number of nitrogens with one attached hydrogen (secondary N) is 1. The molecule has 1 nitrogen and oxygen atoms in total. The molecule has 164 valence electrons. The topological polar surface area (TPSA) is 12.0 Å². The minimum atomic E-state index is 0.749. The molecule has 0 saturated carbocycles. The zero-order valence-corrected chi connectivity index (χ0v) is 20.1. The van der Waals surface area contributed by atoms with Gasteiger partial charge in [-0.1, -0.05) is 99.7 Å². The maximum absolute atomic E-state index is 4.06. The molecule has 0 spiro atoms. The average Bonchev–Trinajstić information content (AvgIpc) is 2.77. The lowest BCUT2D eigenvalue weighted by atomic mass is 9.93. The van der Waals surface area contributed by atoms with Gasteiger partial charge in [-0.3, -0.25) is 0 Å². The maximum Gasteiger partial charge on any atom is 0.0378 e. The molecule has 31 heavy (non-hydrogen) atoms. The van der Waals surface area contributed by atoms with Crippen LogP contribution in [0.3, 0.4) is 0 Å². The highest BCUT2D eigenvalue weighted by Crippen LogP contribution is 2.24. The van der Waals surface area contributed by atoms with Gasteiger partial charge in [0.2, 0.25) is 0 Å². The molecule has 0 aromatic carbocycles. The van der Waals surface area contributed by atoms with Crippen LogP contribution in [0.5, 0.6) is 0 Å². The Kier molecular flexibility index (Phi) is 13.8. The first-order valence-corrected chi connectivity index (χ1v) is 10.5. The lowest BCUT2D eigenvalue weighted by Gasteiger charge is -2.12. The predicted molar refractivity (Wildman–Crippen MR) is 143 cm³/mol. The molecule has 0 atom stereocenters. The molecular weight excluding hydrogens is 374 g/mol. The highest BCUT2D eigenvalue weighted by molar-refractivity contribution is 5.58. The summed E-state index contributed by atoms with van der Waals surface area (Å²) in [6.07, 6.45) is 22.7. The van der Waals surface area contributed by atoms with Crippen molar-refractivity contribution in [1.29, 1.82) is 0 Å². The van der Waals surface area contributed by atoms with E-state index >= 15 is 0 Å². The van der Waals surface area contributed by atoms with Gasteiger partial charge in [-0.25, -0.2) is 0 Å². The van der Waals surface area contributed by atoms with E-state index in [1.165, 1.54) is 5.57 Å². The van der Waals surface area contributed by atoms with Crippen LogP contribution in [0.1, 0.15) is 41.0 Å². The van der Waals surface area contributed by atoms with Crippen molar-refractivity contribution >= 4 is 0 Å². The van der Waals surface area contributed by atoms with Gasteiger partial charge in [-0.2, -0.15) is 0 Å². The Bertz CT molecular complexity index is 902. The Hall–Kier alpha value is -3.32. The first kappa shape index (κ1) is 27.7. The van der Waals surface area contributed by atoms with Crippen molar-refractivity contribution in [2.45, 2.75) is 41.0 Å². The van der Waals surface area contributed by atoms with Gasteiger partial charge in [-0.15, -0.1) is 0 Å². The first-order valence-electron chi connectivity index (χ1n) is 10.5. The molecule has 0 aromatic rings. The molecule has 1 heteroatoms. The summed E-state index contributed by atoms with van der Waals surface area (Å²) >= 11 is 0. The minimum absolute atomic E-state index is 0.749. The Morgan fingerprint density at radius 1 is 0.774 bits per heavy atom. The molecule has 0 aliphatic heterocycles. The van der Waals surface area contributed by atoms with E-state index in [4.69, 9.17) is 0 Å². The molecule has 0 unspecified atom stereocenters. The third kappa shape index (κ3) is 9.35. The average molecular weight is 414 g/mol. The first-order chi connectivity index (χ1) is 14.8. The fourth-order valence-corrected chi connectivity index (χ4v) is 2.87. The quantitative estimate of drug-likeness (QED) is 0.297. The molecule has 0 bridgehead atoms. The summed E-state index contributed by atoms with van der Waals surface area (Å²) in [5.74, 6) is 0. The van der Waals surface area contributed by atoms with E-state index in [2.05, 4.69) is 75.5 Å². The second kappa shape index (κ2) is 15.5. The Labute approximate surface area is 191 Å². The van der Waals surface area contributed by atoms with Crippen molar-refractivity contribution in [1.82, 2.24) is 5.32 Å². The van der Waals surface area contributed by atoms with Crippen molar-refractivity contribution in [2.75, 3.05) is 0 Å². The maximum atomic E-state index is 4.06. The smallest absolute Gasteiger partial charge is 0.0378 e. The summed E-state index contributed by atoms with van der Waals surface area (Å²) < 4.78 is 0. The SMILES string of the molecule is C=C/C(=C/C=C(C=C)/C(C=C)=C(\C=C/C)C(/C)=C\C)C/C=C(\C)NC(=C)/C(C=C)=C/C. The van der Waals surface area contributed by atoms with Crippen LogP contribution in [-0.4, -0.2) is 0 Å². The van der Waals surface area contributed by atoms with E-state index in [0.29, 0.717) is 0 Å². The van der Waals surface area contributed by atoms with Crippen LogP contribution >= 0.6 is 0 Å². The zero-order chi connectivity index (χ0) is 23.8. The van der Waals surface area contributed by atoms with Crippen LogP contribution in [0, 0.1) is 0 Å². The number of hydrogen-bond donors (Lipinski definition) is 1. The molecule has 0 aliphatic carbocycles. The van der Waals surface area contributed by atoms with E-state index in [-0.39, 0.29) is 0 Å². The second-order valence-electron chi connectivity index (χ2n) is 6.92. The Morgan fingerprint density at radius 3 is 1.87 bits per heavy atom. The summed E-state index contributed by atoms with van der Waals surface area (Å²) in [6.45, 7) is 30.0. The number of hydrogen-bond acceptors (Lipinski definition) is 1. The molecule has 0 heterocycles. The summed E-state index contributed by atoms with van der Waals surface area (Å²) in [5, 5.41) is 3.31. The van der Waals surface area contributed by atoms with Crippen LogP contribution < -0.4 is 5.32 Å². The third-order valence-electron chi connectivity index (χ3n) is 4.83. The molecule has 0 aromatic heterocycles. The normalized spacial score (nSPS) is 14.8. The summed E-state index contributed by atoms with van der Waals surface area (Å²) in [7, 11) is 0. The zero-order valence-electron chi connectivity index (χ0n) is 20.1. The van der Waals surface area contributed by atoms with Crippen molar-refractivity contribution in [2.24, 2.45) is 0 Å². The highest BCUT2D eigenvalue weighted by atomic mass is 14.9. The van der Waals surface area contributed by atoms with Crippen molar-refractivity contribution < 1.29 is 0 Å². The molecular formula is C30H39N. The third-order valence-corrected chi connectivity index (χ3v) is 4.83. The van der Waals surface area contributed by atoms with Crippen LogP contribution in [0.4, 0.5) is 0 Å². The van der Waals surface area contributed by atoms with Crippen LogP contribution in [-0.2, 0) is 0 Å². The molecule has 0 fully saturated rings. The van der Waals surface area contributed by atoms with Crippen LogP contribution in [0.2, 0.25) is 0 Å². The van der Waals surface area contributed by atoms with Gasteiger partial charge in [0.1, 0.15) is 0 Å². The Balaban J connectivity index is 5.89. The molecule has 0 amide bonds. The Morgan fingerprint density at radius 2 is 1.42 bits per heavy atom. The fourth-order valence-electron chi connectivity index (χ4n) is 2.87. The van der Waals surface area contributed by atoms with E-state index in [1.807, 2.05) is 58.1 Å². The highest BCUT2D eigenvalue weighted by Gasteiger charge is 2.06. The molecule has 0 radical (unpaired) electrons. The summed E-state index contributed by atoms with van der Waals surface area (Å²) in [4.78, 5) is 0. The summed E-state index contributed by atoms with van der Waals surface area (Å²) in [5.41, 5.74) is 8.34. The predicted octanol–water partition coefficient (Wildman–Crippen LogP) is 8.77. The van der Waals surface area contributed by atoms with Crippen LogP contribution in [0.15, 0.2) is 145 Å². The van der Waals surface area contributed by atoms with Crippen molar-refractivity contribution in [3.05, 3.63) is 145 Å². The lowest BCUT2D eigenvalue weighted by Crippen LogP contribution is -2.10. The van der Waals surface area contributed by atoms with Gasteiger partial charge in [0.25, 0.3) is 0 Å². The number of rotatable bonds is 13. The van der Waals surface area contributed by atoms with E-state index in [0.717, 1.165) is 45.7 Å². The monoisotopic (exact) mass is 413 g/mol. The largest absolute Gasteiger partial charge is 0.359 e.